The molecule has 1 heterocycles. The maximum absolute atomic E-state index is 12.6. The molecule has 0 radical (unpaired) electrons. The van der Waals surface area contributed by atoms with Crippen molar-refractivity contribution in [1.29, 1.82) is 0 Å². The monoisotopic (exact) mass is 365 g/mol. The molecular weight excluding hydrogens is 349 g/mol. The van der Waals surface area contributed by atoms with Crippen molar-refractivity contribution in [3.63, 3.8) is 0 Å². The number of para-hydroxylation sites is 1. The lowest BCUT2D eigenvalue weighted by atomic mass is 9.76. The Kier molecular flexibility index (Phi) is 4.22. The van der Waals surface area contributed by atoms with Gasteiger partial charge in [-0.05, 0) is 24.5 Å². The van der Waals surface area contributed by atoms with E-state index in [1.807, 2.05) is 13.8 Å². The number of ketones is 1. The lowest BCUT2D eigenvalue weighted by Gasteiger charge is -2.27. The summed E-state index contributed by atoms with van der Waals surface area (Å²) in [6, 6.07) is 4.96. The van der Waals surface area contributed by atoms with Crippen LogP contribution in [0.2, 0.25) is 10.0 Å². The van der Waals surface area contributed by atoms with Gasteiger partial charge in [-0.1, -0.05) is 43.1 Å². The Hall–Kier alpha value is -1.78. The molecule has 126 valence electrons. The van der Waals surface area contributed by atoms with Crippen LogP contribution in [0.25, 0.3) is 0 Å². The molecule has 1 aromatic carbocycles. The van der Waals surface area contributed by atoms with Crippen molar-refractivity contribution >= 4 is 40.6 Å². The summed E-state index contributed by atoms with van der Waals surface area (Å²) < 4.78 is 5.74. The quantitative estimate of drug-likeness (QED) is 0.784. The summed E-state index contributed by atoms with van der Waals surface area (Å²) in [5.74, 6) is 0.242. The van der Waals surface area contributed by atoms with Crippen LogP contribution < -0.4 is 5.32 Å². The highest BCUT2D eigenvalue weighted by Crippen LogP contribution is 2.39. The van der Waals surface area contributed by atoms with Crippen molar-refractivity contribution in [1.82, 2.24) is 0 Å². The van der Waals surface area contributed by atoms with Crippen LogP contribution in [0.15, 0.2) is 22.6 Å². The first kappa shape index (κ1) is 17.1. The topological polar surface area (TPSA) is 59.3 Å². The minimum absolute atomic E-state index is 0.0114. The van der Waals surface area contributed by atoms with Gasteiger partial charge in [-0.2, -0.15) is 0 Å². The molecule has 0 fully saturated rings. The molecule has 0 spiro atoms. The van der Waals surface area contributed by atoms with Gasteiger partial charge in [0.15, 0.2) is 11.5 Å². The van der Waals surface area contributed by atoms with Crippen molar-refractivity contribution in [2.75, 3.05) is 5.32 Å². The number of Topliss-reactive ketones (excluding diaryl/α,β-unsaturated/α-hetero) is 1. The third kappa shape index (κ3) is 2.96. The minimum Gasteiger partial charge on any atom is -0.455 e. The number of furan rings is 1. The lowest BCUT2D eigenvalue weighted by molar-refractivity contribution is 0.0898. The van der Waals surface area contributed by atoms with Crippen LogP contribution in [0.3, 0.4) is 0 Å². The van der Waals surface area contributed by atoms with E-state index < -0.39 is 5.91 Å². The molecule has 1 amide bonds. The molecule has 24 heavy (non-hydrogen) atoms. The number of fused-ring (bicyclic) bond motifs is 1. The maximum Gasteiger partial charge on any atom is 0.291 e. The van der Waals surface area contributed by atoms with Gasteiger partial charge in [0.05, 0.1) is 21.3 Å². The smallest absolute Gasteiger partial charge is 0.291 e. The number of hydrogen-bond acceptors (Lipinski definition) is 3. The second-order valence-electron chi connectivity index (χ2n) is 6.85. The van der Waals surface area contributed by atoms with E-state index >= 15 is 0 Å². The molecule has 1 aromatic heterocycles. The fraction of sp³-hybridized carbons (Fsp3) is 0.333. The van der Waals surface area contributed by atoms with Gasteiger partial charge in [0, 0.05) is 18.4 Å². The summed E-state index contributed by atoms with van der Waals surface area (Å²) in [5.41, 5.74) is 1.25. The zero-order valence-electron chi connectivity index (χ0n) is 13.6. The Bertz CT molecular complexity index is 832. The van der Waals surface area contributed by atoms with E-state index in [1.54, 1.807) is 25.1 Å². The fourth-order valence-electron chi connectivity index (χ4n) is 3.09. The Morgan fingerprint density at radius 1 is 1.21 bits per heavy atom. The van der Waals surface area contributed by atoms with Gasteiger partial charge in [-0.25, -0.2) is 0 Å². The summed E-state index contributed by atoms with van der Waals surface area (Å²) in [4.78, 5) is 25.0. The van der Waals surface area contributed by atoms with Gasteiger partial charge in [0.25, 0.3) is 5.91 Å². The lowest BCUT2D eigenvalue weighted by Crippen LogP contribution is -2.26. The zero-order valence-corrected chi connectivity index (χ0v) is 15.1. The van der Waals surface area contributed by atoms with E-state index in [4.69, 9.17) is 27.6 Å². The maximum atomic E-state index is 12.6. The average molecular weight is 366 g/mol. The third-order valence-electron chi connectivity index (χ3n) is 4.18. The number of nitrogens with one attached hydrogen (secondary N) is 1. The van der Waals surface area contributed by atoms with Gasteiger partial charge in [0.1, 0.15) is 5.76 Å². The largest absolute Gasteiger partial charge is 0.455 e. The Morgan fingerprint density at radius 2 is 1.83 bits per heavy atom. The van der Waals surface area contributed by atoms with E-state index in [0.717, 1.165) is 0 Å². The number of rotatable bonds is 2. The number of amides is 1. The highest BCUT2D eigenvalue weighted by molar-refractivity contribution is 6.40. The number of carbonyl (C=O) groups is 2. The predicted molar refractivity (Wildman–Crippen MR) is 94.3 cm³/mol. The van der Waals surface area contributed by atoms with Gasteiger partial charge >= 0.3 is 0 Å². The van der Waals surface area contributed by atoms with Crippen molar-refractivity contribution in [2.24, 2.45) is 5.41 Å². The predicted octanol–water partition coefficient (Wildman–Crippen LogP) is 5.30. The normalized spacial score (nSPS) is 16.0. The Labute approximate surface area is 150 Å². The Morgan fingerprint density at radius 3 is 2.46 bits per heavy atom. The molecule has 4 nitrogen and oxygen atoms in total. The van der Waals surface area contributed by atoms with Crippen molar-refractivity contribution < 1.29 is 14.0 Å². The molecule has 0 unspecified atom stereocenters. The molecule has 1 aliphatic rings. The second kappa shape index (κ2) is 5.94. The molecule has 0 saturated carbocycles. The first-order valence-electron chi connectivity index (χ1n) is 7.60. The molecule has 0 saturated heterocycles. The van der Waals surface area contributed by atoms with Gasteiger partial charge in [-0.15, -0.1) is 0 Å². The van der Waals surface area contributed by atoms with E-state index in [9.17, 15) is 9.59 Å². The van der Waals surface area contributed by atoms with Crippen LogP contribution in [0.4, 0.5) is 5.69 Å². The van der Waals surface area contributed by atoms with Gasteiger partial charge < -0.3 is 9.73 Å². The Balaban J connectivity index is 1.97. The number of benzene rings is 1. The highest BCUT2D eigenvalue weighted by Gasteiger charge is 2.37. The van der Waals surface area contributed by atoms with Crippen LogP contribution in [0.1, 0.15) is 52.5 Å². The summed E-state index contributed by atoms with van der Waals surface area (Å²) in [7, 11) is 0. The summed E-state index contributed by atoms with van der Waals surface area (Å²) in [5, 5.41) is 3.34. The summed E-state index contributed by atoms with van der Waals surface area (Å²) >= 11 is 12.2. The van der Waals surface area contributed by atoms with Gasteiger partial charge in [0.2, 0.25) is 0 Å². The van der Waals surface area contributed by atoms with Crippen molar-refractivity contribution in [3.8, 4) is 0 Å². The molecule has 3 rings (SSSR count). The van der Waals surface area contributed by atoms with E-state index in [-0.39, 0.29) is 17.0 Å². The number of anilines is 1. The molecular formula is C18H17Cl2NO3. The van der Waals surface area contributed by atoms with Crippen LogP contribution >= 0.6 is 23.2 Å². The first-order chi connectivity index (χ1) is 11.2. The van der Waals surface area contributed by atoms with Crippen LogP contribution in [0.5, 0.6) is 0 Å². The molecule has 1 N–H and O–H groups in total. The number of hydrogen-bond donors (Lipinski definition) is 1. The van der Waals surface area contributed by atoms with Crippen molar-refractivity contribution in [3.05, 3.63) is 50.9 Å². The van der Waals surface area contributed by atoms with E-state index in [0.29, 0.717) is 45.5 Å². The fourth-order valence-corrected chi connectivity index (χ4v) is 3.58. The molecule has 0 atom stereocenters. The average Bonchev–Trinajstić information content (AvgIpc) is 2.78. The molecule has 2 aromatic rings. The highest BCUT2D eigenvalue weighted by atomic mass is 35.5. The van der Waals surface area contributed by atoms with Gasteiger partial charge in [-0.3, -0.25) is 9.59 Å². The first-order valence-corrected chi connectivity index (χ1v) is 8.36. The number of halogens is 2. The van der Waals surface area contributed by atoms with Crippen molar-refractivity contribution in [2.45, 2.75) is 33.6 Å². The zero-order chi connectivity index (χ0) is 17.6. The van der Waals surface area contributed by atoms with E-state index in [2.05, 4.69) is 5.32 Å². The SMILES string of the molecule is Cc1c(C(=O)Nc2c(Cl)cccc2Cl)oc2c1C(=O)CC(C)(C)C2. The standard InChI is InChI=1S/C18H17Cl2NO3/c1-9-14-12(22)7-18(2,3)8-13(14)24-16(9)17(23)21-15-10(19)5-4-6-11(15)20/h4-6H,7-8H2,1-3H3,(H,21,23). The van der Waals surface area contributed by atoms with Crippen LogP contribution in [0, 0.1) is 12.3 Å². The molecule has 1 aliphatic carbocycles. The third-order valence-corrected chi connectivity index (χ3v) is 4.81. The summed E-state index contributed by atoms with van der Waals surface area (Å²) in [6.45, 7) is 5.74. The van der Waals surface area contributed by atoms with E-state index in [1.165, 1.54) is 0 Å². The molecule has 0 aliphatic heterocycles. The van der Waals surface area contributed by atoms with Crippen LogP contribution in [-0.2, 0) is 6.42 Å². The summed E-state index contributed by atoms with van der Waals surface area (Å²) in [6.07, 6.45) is 1.06. The molecule has 0 bridgehead atoms. The number of carbonyl (C=O) groups excluding carboxylic acids is 2. The second-order valence-corrected chi connectivity index (χ2v) is 7.66. The molecule has 6 heteroatoms. The minimum atomic E-state index is -0.470. The van der Waals surface area contributed by atoms with Crippen LogP contribution in [-0.4, -0.2) is 11.7 Å².